The van der Waals surface area contributed by atoms with Crippen LogP contribution in [0.15, 0.2) is 41.1 Å². The number of thiophene rings is 1. The lowest BCUT2D eigenvalue weighted by atomic mass is 10.1. The Hall–Kier alpha value is -1.43. The number of hydrogen-bond acceptors (Lipinski definition) is 4. The molecule has 0 saturated heterocycles. The average Bonchev–Trinajstić information content (AvgIpc) is 3.08. The number of ether oxygens (including phenoxy) is 1. The molecule has 1 aromatic heterocycles. The van der Waals surface area contributed by atoms with Crippen molar-refractivity contribution in [1.29, 1.82) is 0 Å². The minimum Gasteiger partial charge on any atom is -0.494 e. The molecule has 0 fully saturated rings. The zero-order chi connectivity index (χ0) is 18.5. The molecule has 3 nitrogen and oxygen atoms in total. The second kappa shape index (κ2) is 8.30. The number of hydrogen-bond donors (Lipinski definition) is 0. The van der Waals surface area contributed by atoms with E-state index in [4.69, 9.17) is 9.16 Å². The fourth-order valence-corrected chi connectivity index (χ4v) is 3.78. The Morgan fingerprint density at radius 1 is 1.04 bits per heavy atom. The van der Waals surface area contributed by atoms with E-state index in [0.717, 1.165) is 24.3 Å². The Morgan fingerprint density at radius 2 is 1.72 bits per heavy atom. The van der Waals surface area contributed by atoms with E-state index in [1.165, 1.54) is 11.3 Å². The molecule has 0 radical (unpaired) electrons. The first-order valence-electron chi connectivity index (χ1n) is 8.64. The van der Waals surface area contributed by atoms with Gasteiger partial charge >= 0.3 is 0 Å². The predicted octanol–water partition coefficient (Wildman–Crippen LogP) is 5.77. The van der Waals surface area contributed by atoms with Gasteiger partial charge in [-0.25, -0.2) is 0 Å². The Labute approximate surface area is 156 Å². The molecule has 5 heteroatoms. The summed E-state index contributed by atoms with van der Waals surface area (Å²) in [5.41, 5.74) is 1.42. The molecule has 0 spiro atoms. The molecule has 0 unspecified atom stereocenters. The quantitative estimate of drug-likeness (QED) is 0.333. The molecule has 0 amide bonds. The van der Waals surface area contributed by atoms with Gasteiger partial charge in [0.15, 0.2) is 14.1 Å². The van der Waals surface area contributed by atoms with Gasteiger partial charge in [0, 0.05) is 29.5 Å². The lowest BCUT2D eigenvalue weighted by Gasteiger charge is -2.36. The van der Waals surface area contributed by atoms with Crippen molar-refractivity contribution in [2.24, 2.45) is 0 Å². The van der Waals surface area contributed by atoms with Gasteiger partial charge in [0.05, 0.1) is 6.61 Å². The molecule has 0 atom stereocenters. The lowest BCUT2D eigenvalue weighted by Crippen LogP contribution is -2.41. The second-order valence-electron chi connectivity index (χ2n) is 7.68. The van der Waals surface area contributed by atoms with Crippen LogP contribution < -0.4 is 4.74 Å². The van der Waals surface area contributed by atoms with Crippen molar-refractivity contribution in [2.75, 3.05) is 13.2 Å². The summed E-state index contributed by atoms with van der Waals surface area (Å²) in [6, 6.07) is 9.20. The van der Waals surface area contributed by atoms with Crippen LogP contribution >= 0.6 is 11.3 Å². The highest BCUT2D eigenvalue weighted by Gasteiger charge is 2.36. The van der Waals surface area contributed by atoms with Gasteiger partial charge in [-0.3, -0.25) is 4.79 Å². The van der Waals surface area contributed by atoms with E-state index in [9.17, 15) is 4.79 Å². The van der Waals surface area contributed by atoms with Gasteiger partial charge < -0.3 is 9.16 Å². The highest BCUT2D eigenvalue weighted by molar-refractivity contribution is 7.08. The molecule has 0 aliphatic carbocycles. The molecule has 0 aliphatic rings. The topological polar surface area (TPSA) is 35.5 Å². The van der Waals surface area contributed by atoms with Crippen molar-refractivity contribution in [3.8, 4) is 5.75 Å². The van der Waals surface area contributed by atoms with E-state index in [0.29, 0.717) is 12.2 Å². The molecule has 0 N–H and O–H groups in total. The van der Waals surface area contributed by atoms with E-state index >= 15 is 0 Å². The highest BCUT2D eigenvalue weighted by atomic mass is 32.1. The van der Waals surface area contributed by atoms with E-state index in [-0.39, 0.29) is 10.8 Å². The molecule has 0 saturated carbocycles. The molecular formula is C20H28O3SSi. The van der Waals surface area contributed by atoms with Gasteiger partial charge in [-0.05, 0) is 53.8 Å². The highest BCUT2D eigenvalue weighted by Crippen LogP contribution is 2.36. The van der Waals surface area contributed by atoms with Gasteiger partial charge in [0.1, 0.15) is 5.75 Å². The summed E-state index contributed by atoms with van der Waals surface area (Å²) < 4.78 is 11.9. The molecule has 2 aromatic rings. The predicted molar refractivity (Wildman–Crippen MR) is 107 cm³/mol. The average molecular weight is 377 g/mol. The molecule has 136 valence electrons. The maximum Gasteiger partial charge on any atom is 0.193 e. The number of carbonyl (C=O) groups excluding carboxylic acids is 1. The molecule has 25 heavy (non-hydrogen) atoms. The van der Waals surface area contributed by atoms with Crippen molar-refractivity contribution in [3.05, 3.63) is 52.2 Å². The fraction of sp³-hybridized carbons (Fsp3) is 0.450. The van der Waals surface area contributed by atoms with E-state index in [1.54, 1.807) is 0 Å². The Bertz CT molecular complexity index is 670. The number of benzene rings is 1. The lowest BCUT2D eigenvalue weighted by molar-refractivity contribution is 0.103. The molecule has 1 aromatic carbocycles. The minimum absolute atomic E-state index is 0.0515. The molecular weight excluding hydrogens is 348 g/mol. The maximum atomic E-state index is 12.2. The zero-order valence-corrected chi connectivity index (χ0v) is 17.6. The molecule has 1 heterocycles. The normalized spacial score (nSPS) is 12.2. The van der Waals surface area contributed by atoms with Crippen molar-refractivity contribution in [1.82, 2.24) is 0 Å². The summed E-state index contributed by atoms with van der Waals surface area (Å²) in [5.74, 6) is 0.838. The molecule has 0 aliphatic heterocycles. The molecule has 2 rings (SSSR count). The van der Waals surface area contributed by atoms with Crippen molar-refractivity contribution in [2.45, 2.75) is 45.3 Å². The SMILES string of the molecule is CC(C)(C)[Si](C)(C)OCCCOc1ccc(C(=O)c2ccsc2)cc1. The standard InChI is InChI=1S/C20H28O3SSi/c1-20(2,3)25(4,5)23-13-6-12-22-18-9-7-16(8-10-18)19(21)17-11-14-24-15-17/h7-11,14-15H,6,12-13H2,1-5H3. The molecule has 0 bridgehead atoms. The summed E-state index contributed by atoms with van der Waals surface area (Å²) in [6.45, 7) is 12.6. The van der Waals surface area contributed by atoms with Crippen LogP contribution in [0.1, 0.15) is 43.1 Å². The third kappa shape index (κ3) is 5.52. The van der Waals surface area contributed by atoms with Crippen LogP contribution in [0.4, 0.5) is 0 Å². The van der Waals surface area contributed by atoms with Gasteiger partial charge in [-0.1, -0.05) is 20.8 Å². The Kier molecular flexibility index (Phi) is 6.60. The van der Waals surface area contributed by atoms with Crippen LogP contribution in [0.25, 0.3) is 0 Å². The second-order valence-corrected chi connectivity index (χ2v) is 13.3. The minimum atomic E-state index is -1.67. The smallest absolute Gasteiger partial charge is 0.193 e. The summed E-state index contributed by atoms with van der Waals surface area (Å²) in [5, 5.41) is 4.02. The van der Waals surface area contributed by atoms with E-state index < -0.39 is 8.32 Å². The Morgan fingerprint density at radius 3 is 2.28 bits per heavy atom. The van der Waals surface area contributed by atoms with Crippen molar-refractivity contribution < 1.29 is 14.0 Å². The summed E-state index contributed by atoms with van der Waals surface area (Å²) in [7, 11) is -1.67. The monoisotopic (exact) mass is 376 g/mol. The third-order valence-electron chi connectivity index (χ3n) is 4.73. The van der Waals surface area contributed by atoms with Crippen LogP contribution in [0.3, 0.4) is 0 Å². The number of ketones is 1. The maximum absolute atomic E-state index is 12.2. The first kappa shape index (κ1) is 19.9. The van der Waals surface area contributed by atoms with Crippen LogP contribution in [-0.2, 0) is 4.43 Å². The van der Waals surface area contributed by atoms with Crippen LogP contribution in [0.2, 0.25) is 18.1 Å². The Balaban J connectivity index is 1.76. The van der Waals surface area contributed by atoms with Crippen LogP contribution in [0, 0.1) is 0 Å². The first-order valence-corrected chi connectivity index (χ1v) is 12.5. The van der Waals surface area contributed by atoms with E-state index in [1.807, 2.05) is 41.1 Å². The van der Waals surface area contributed by atoms with Crippen molar-refractivity contribution in [3.63, 3.8) is 0 Å². The van der Waals surface area contributed by atoms with Gasteiger partial charge in [-0.2, -0.15) is 11.3 Å². The van der Waals surface area contributed by atoms with E-state index in [2.05, 4.69) is 33.9 Å². The fourth-order valence-electron chi connectivity index (χ4n) is 2.06. The van der Waals surface area contributed by atoms with Gasteiger partial charge in [-0.15, -0.1) is 0 Å². The summed E-state index contributed by atoms with van der Waals surface area (Å²) in [6.07, 6.45) is 0.863. The summed E-state index contributed by atoms with van der Waals surface area (Å²) >= 11 is 1.53. The zero-order valence-electron chi connectivity index (χ0n) is 15.8. The number of rotatable bonds is 8. The summed E-state index contributed by atoms with van der Waals surface area (Å²) in [4.78, 5) is 12.2. The van der Waals surface area contributed by atoms with Crippen LogP contribution in [-0.4, -0.2) is 27.3 Å². The van der Waals surface area contributed by atoms with Gasteiger partial charge in [0.2, 0.25) is 0 Å². The first-order chi connectivity index (χ1) is 11.7. The van der Waals surface area contributed by atoms with Gasteiger partial charge in [0.25, 0.3) is 0 Å². The van der Waals surface area contributed by atoms with Crippen molar-refractivity contribution >= 4 is 25.4 Å². The van der Waals surface area contributed by atoms with Crippen LogP contribution in [0.5, 0.6) is 5.75 Å². The third-order valence-corrected chi connectivity index (χ3v) is 9.95. The number of carbonyl (C=O) groups is 1. The largest absolute Gasteiger partial charge is 0.494 e.